The van der Waals surface area contributed by atoms with E-state index in [2.05, 4.69) is 40.3 Å². The number of fused-ring (bicyclic) bond motifs is 1. The molecule has 2 aromatic carbocycles. The third-order valence-electron chi connectivity index (χ3n) is 5.36. The minimum atomic E-state index is 0.00827. The molecule has 1 aliphatic rings. The van der Waals surface area contributed by atoms with E-state index >= 15 is 0 Å². The van der Waals surface area contributed by atoms with Gasteiger partial charge < -0.3 is 10.3 Å². The van der Waals surface area contributed by atoms with Gasteiger partial charge in [-0.3, -0.25) is 9.69 Å². The lowest BCUT2D eigenvalue weighted by atomic mass is 10.1. The zero-order valence-electron chi connectivity index (χ0n) is 15.9. The van der Waals surface area contributed by atoms with Gasteiger partial charge in [-0.05, 0) is 56.5 Å². The van der Waals surface area contributed by atoms with Crippen LogP contribution in [0.15, 0.2) is 48.5 Å². The Balaban J connectivity index is 1.44. The van der Waals surface area contributed by atoms with Crippen molar-refractivity contribution in [2.45, 2.75) is 38.8 Å². The molecular formula is C22H26N4O. The fourth-order valence-electron chi connectivity index (χ4n) is 3.92. The summed E-state index contributed by atoms with van der Waals surface area (Å²) in [6.45, 7) is 5.43. The number of amides is 1. The first-order valence-electron chi connectivity index (χ1n) is 9.65. The van der Waals surface area contributed by atoms with Crippen LogP contribution in [0.3, 0.4) is 0 Å². The Bertz CT molecular complexity index is 934. The Kier molecular flexibility index (Phi) is 4.94. The van der Waals surface area contributed by atoms with Crippen LogP contribution >= 0.6 is 0 Å². The summed E-state index contributed by atoms with van der Waals surface area (Å²) in [5.74, 6) is 1.03. The van der Waals surface area contributed by atoms with Crippen LogP contribution in [-0.4, -0.2) is 33.9 Å². The molecule has 1 saturated heterocycles. The summed E-state index contributed by atoms with van der Waals surface area (Å²) < 4.78 is 0. The van der Waals surface area contributed by atoms with Gasteiger partial charge in [0.05, 0.1) is 29.7 Å². The highest BCUT2D eigenvalue weighted by atomic mass is 16.2. The van der Waals surface area contributed by atoms with Gasteiger partial charge in [0.15, 0.2) is 0 Å². The van der Waals surface area contributed by atoms with E-state index < -0.39 is 0 Å². The maximum Gasteiger partial charge on any atom is 0.234 e. The maximum atomic E-state index is 12.6. The van der Waals surface area contributed by atoms with Crippen molar-refractivity contribution in [1.29, 1.82) is 0 Å². The lowest BCUT2D eigenvalue weighted by Crippen LogP contribution is -2.38. The Hall–Kier alpha value is -2.66. The van der Waals surface area contributed by atoms with Crippen molar-refractivity contribution in [3.8, 4) is 0 Å². The van der Waals surface area contributed by atoms with E-state index in [-0.39, 0.29) is 18.0 Å². The predicted molar refractivity (Wildman–Crippen MR) is 107 cm³/mol. The van der Waals surface area contributed by atoms with E-state index in [0.29, 0.717) is 6.54 Å². The number of hydrogen-bond donors (Lipinski definition) is 2. The number of nitrogens with one attached hydrogen (secondary N) is 2. The van der Waals surface area contributed by atoms with E-state index in [4.69, 9.17) is 4.98 Å². The molecule has 1 fully saturated rings. The average Bonchev–Trinajstić information content (AvgIpc) is 3.28. The highest BCUT2D eigenvalue weighted by molar-refractivity contribution is 5.79. The number of benzene rings is 2. The van der Waals surface area contributed by atoms with Gasteiger partial charge in [0.1, 0.15) is 5.82 Å². The summed E-state index contributed by atoms with van der Waals surface area (Å²) in [4.78, 5) is 23.1. The molecule has 4 rings (SSSR count). The topological polar surface area (TPSA) is 61.0 Å². The number of carbonyl (C=O) groups is 1. The molecule has 5 heteroatoms. The Morgan fingerprint density at radius 3 is 2.93 bits per heavy atom. The Labute approximate surface area is 159 Å². The smallest absolute Gasteiger partial charge is 0.234 e. The Morgan fingerprint density at radius 1 is 1.30 bits per heavy atom. The second kappa shape index (κ2) is 7.53. The zero-order chi connectivity index (χ0) is 18.8. The summed E-state index contributed by atoms with van der Waals surface area (Å²) in [6, 6.07) is 16.5. The summed E-state index contributed by atoms with van der Waals surface area (Å²) in [7, 11) is 0. The number of likely N-dealkylation sites (tertiary alicyclic amines) is 1. The number of aryl methyl sites for hydroxylation is 1. The SMILES string of the molecule is Cc1ccc2nc(C3CCCN3CC(=O)NC(C)c3ccccc3)[nH]c2c1. The van der Waals surface area contributed by atoms with E-state index in [1.165, 1.54) is 5.56 Å². The van der Waals surface area contributed by atoms with Gasteiger partial charge in [-0.25, -0.2) is 4.98 Å². The Morgan fingerprint density at radius 2 is 2.11 bits per heavy atom. The van der Waals surface area contributed by atoms with Crippen LogP contribution in [0.1, 0.15) is 48.8 Å². The quantitative estimate of drug-likeness (QED) is 0.724. The van der Waals surface area contributed by atoms with Gasteiger partial charge in [0.2, 0.25) is 5.91 Å². The minimum absolute atomic E-state index is 0.00827. The molecule has 1 aromatic heterocycles. The first kappa shape index (κ1) is 17.7. The largest absolute Gasteiger partial charge is 0.348 e. The third kappa shape index (κ3) is 3.88. The highest BCUT2D eigenvalue weighted by Gasteiger charge is 2.30. The predicted octanol–water partition coefficient (Wildman–Crippen LogP) is 3.89. The van der Waals surface area contributed by atoms with Gasteiger partial charge >= 0.3 is 0 Å². The number of aromatic nitrogens is 2. The van der Waals surface area contributed by atoms with Crippen LogP contribution in [-0.2, 0) is 4.79 Å². The lowest BCUT2D eigenvalue weighted by Gasteiger charge is -2.23. The molecule has 0 radical (unpaired) electrons. The maximum absolute atomic E-state index is 12.6. The monoisotopic (exact) mass is 362 g/mol. The van der Waals surface area contributed by atoms with E-state index in [1.54, 1.807) is 0 Å². The number of rotatable bonds is 5. The van der Waals surface area contributed by atoms with Gasteiger partial charge in [0, 0.05) is 0 Å². The van der Waals surface area contributed by atoms with Crippen LogP contribution < -0.4 is 5.32 Å². The normalized spacial score (nSPS) is 18.7. The second-order valence-electron chi connectivity index (χ2n) is 7.47. The van der Waals surface area contributed by atoms with Gasteiger partial charge in [-0.15, -0.1) is 0 Å². The van der Waals surface area contributed by atoms with Gasteiger partial charge in [-0.2, -0.15) is 0 Å². The van der Waals surface area contributed by atoms with Crippen molar-refractivity contribution in [3.05, 3.63) is 65.5 Å². The molecule has 1 aliphatic heterocycles. The summed E-state index contributed by atoms with van der Waals surface area (Å²) >= 11 is 0. The fraction of sp³-hybridized carbons (Fsp3) is 0.364. The molecule has 0 aliphatic carbocycles. The van der Waals surface area contributed by atoms with Crippen molar-refractivity contribution in [3.63, 3.8) is 0 Å². The number of carbonyl (C=O) groups excluding carboxylic acids is 1. The standard InChI is InChI=1S/C22H26N4O/c1-15-10-11-18-19(13-15)25-22(24-18)20-9-6-12-26(20)14-21(27)23-16(2)17-7-4-3-5-8-17/h3-5,7-8,10-11,13,16,20H,6,9,12,14H2,1-2H3,(H,23,27)(H,24,25). The van der Waals surface area contributed by atoms with Crippen LogP contribution in [0.2, 0.25) is 0 Å². The number of imidazole rings is 1. The lowest BCUT2D eigenvalue weighted by molar-refractivity contribution is -0.123. The molecule has 0 saturated carbocycles. The average molecular weight is 362 g/mol. The molecule has 3 aromatic rings. The molecule has 2 unspecified atom stereocenters. The third-order valence-corrected chi connectivity index (χ3v) is 5.36. The molecule has 27 heavy (non-hydrogen) atoms. The fourth-order valence-corrected chi connectivity index (χ4v) is 3.92. The van der Waals surface area contributed by atoms with Crippen LogP contribution in [0.4, 0.5) is 0 Å². The van der Waals surface area contributed by atoms with Crippen molar-refractivity contribution in [2.75, 3.05) is 13.1 Å². The highest BCUT2D eigenvalue weighted by Crippen LogP contribution is 2.31. The molecule has 2 N–H and O–H groups in total. The number of H-pyrrole nitrogens is 1. The molecule has 2 atom stereocenters. The van der Waals surface area contributed by atoms with E-state index in [0.717, 1.165) is 41.8 Å². The summed E-state index contributed by atoms with van der Waals surface area (Å²) in [5.41, 5.74) is 4.40. The van der Waals surface area contributed by atoms with E-state index in [9.17, 15) is 4.79 Å². The van der Waals surface area contributed by atoms with Crippen LogP contribution in [0.25, 0.3) is 11.0 Å². The molecule has 2 heterocycles. The van der Waals surface area contributed by atoms with Gasteiger partial charge in [0.25, 0.3) is 0 Å². The van der Waals surface area contributed by atoms with E-state index in [1.807, 2.05) is 37.3 Å². The molecular weight excluding hydrogens is 336 g/mol. The van der Waals surface area contributed by atoms with Crippen molar-refractivity contribution in [1.82, 2.24) is 20.2 Å². The van der Waals surface area contributed by atoms with Crippen LogP contribution in [0, 0.1) is 6.92 Å². The van der Waals surface area contributed by atoms with Crippen molar-refractivity contribution < 1.29 is 4.79 Å². The molecule has 140 valence electrons. The van der Waals surface area contributed by atoms with Crippen molar-refractivity contribution in [2.24, 2.45) is 0 Å². The number of nitrogens with zero attached hydrogens (tertiary/aromatic N) is 2. The number of aromatic amines is 1. The van der Waals surface area contributed by atoms with Crippen molar-refractivity contribution >= 4 is 16.9 Å². The number of hydrogen-bond acceptors (Lipinski definition) is 3. The molecule has 0 bridgehead atoms. The zero-order valence-corrected chi connectivity index (χ0v) is 15.9. The molecule has 1 amide bonds. The first-order chi connectivity index (χ1) is 13.1. The summed E-state index contributed by atoms with van der Waals surface area (Å²) in [5, 5.41) is 3.12. The van der Waals surface area contributed by atoms with Gasteiger partial charge in [-0.1, -0.05) is 36.4 Å². The second-order valence-corrected chi connectivity index (χ2v) is 7.47. The first-order valence-corrected chi connectivity index (χ1v) is 9.65. The molecule has 0 spiro atoms. The molecule has 5 nitrogen and oxygen atoms in total. The summed E-state index contributed by atoms with van der Waals surface area (Å²) in [6.07, 6.45) is 2.11. The van der Waals surface area contributed by atoms with Crippen LogP contribution in [0.5, 0.6) is 0 Å². The minimum Gasteiger partial charge on any atom is -0.348 e.